The van der Waals surface area contributed by atoms with Crippen molar-refractivity contribution in [1.29, 1.82) is 0 Å². The first-order chi connectivity index (χ1) is 22.5. The monoisotopic (exact) mass is 662 g/mol. The van der Waals surface area contributed by atoms with Crippen LogP contribution in [0.4, 0.5) is 0 Å². The molecule has 0 unspecified atom stereocenters. The molecule has 46 heavy (non-hydrogen) atoms. The summed E-state index contributed by atoms with van der Waals surface area (Å²) in [4.78, 5) is 0. The Hall–Kier alpha value is -4.28. The van der Waals surface area contributed by atoms with Crippen LogP contribution in [0, 0.1) is 0 Å². The van der Waals surface area contributed by atoms with Gasteiger partial charge in [0.05, 0.1) is 65.3 Å². The lowest BCUT2D eigenvalue weighted by Gasteiger charge is -2.12. The second kappa shape index (κ2) is 18.0. The number of methoxy groups -OCH3 is 6. The summed E-state index contributed by atoms with van der Waals surface area (Å²) in [6.07, 6.45) is 16.6. The van der Waals surface area contributed by atoms with Gasteiger partial charge in [0.2, 0.25) is 0 Å². The van der Waals surface area contributed by atoms with Crippen molar-refractivity contribution in [3.63, 3.8) is 0 Å². The highest BCUT2D eigenvalue weighted by Crippen LogP contribution is 2.36. The van der Waals surface area contributed by atoms with Gasteiger partial charge in [-0.3, -0.25) is 0 Å². The van der Waals surface area contributed by atoms with Gasteiger partial charge in [0.1, 0.15) is 34.5 Å². The van der Waals surface area contributed by atoms with Crippen LogP contribution in [0.25, 0.3) is 24.3 Å². The number of benzene rings is 2. The molecule has 0 radical (unpaired) electrons. The molecule has 0 N–H and O–H groups in total. The van der Waals surface area contributed by atoms with E-state index in [9.17, 15) is 0 Å². The molecule has 0 fully saturated rings. The van der Waals surface area contributed by atoms with Crippen LogP contribution in [0.1, 0.15) is 22.3 Å². The van der Waals surface area contributed by atoms with Gasteiger partial charge in [-0.15, -0.1) is 0 Å². The van der Waals surface area contributed by atoms with Gasteiger partial charge < -0.3 is 28.4 Å². The largest absolute Gasteiger partial charge is 0.496 e. The Morgan fingerprint density at radius 1 is 0.478 bits per heavy atom. The smallest absolute Gasteiger partial charge is 0.169 e. The standard InChI is InChI=1S/C36H42N2O6S2/c1-39-29-23-33(41-3)31(34(24-29)42-4)9-7-27-11-15-37(16-12-27)19-21-45-46-22-20-38-17-13-28(14-18-38)8-10-32-35(43-5)25-30(40-2)26-36(32)44-6/h7-18,23-26H,19-22H2,1-6H3/q+2/b9-7+,10-8+. The number of hydrogen-bond acceptors (Lipinski definition) is 8. The van der Waals surface area contributed by atoms with Crippen LogP contribution in [0.5, 0.6) is 34.5 Å². The fraction of sp³-hybridized carbons (Fsp3) is 0.278. The summed E-state index contributed by atoms with van der Waals surface area (Å²) >= 11 is 0. The summed E-state index contributed by atoms with van der Waals surface area (Å²) in [5.41, 5.74) is 3.93. The Morgan fingerprint density at radius 3 is 1.09 bits per heavy atom. The molecular weight excluding hydrogens is 621 g/mol. The maximum Gasteiger partial charge on any atom is 0.169 e. The molecule has 0 saturated carbocycles. The van der Waals surface area contributed by atoms with E-state index >= 15 is 0 Å². The molecule has 0 saturated heterocycles. The third-order valence-corrected chi connectivity index (χ3v) is 9.54. The van der Waals surface area contributed by atoms with Crippen molar-refractivity contribution in [3.8, 4) is 34.5 Å². The summed E-state index contributed by atoms with van der Waals surface area (Å²) in [6, 6.07) is 15.8. The van der Waals surface area contributed by atoms with Crippen LogP contribution < -0.4 is 37.6 Å². The minimum Gasteiger partial charge on any atom is -0.496 e. The van der Waals surface area contributed by atoms with Crippen LogP contribution in [0.3, 0.4) is 0 Å². The van der Waals surface area contributed by atoms with Gasteiger partial charge in [0, 0.05) is 48.5 Å². The van der Waals surface area contributed by atoms with E-state index in [-0.39, 0.29) is 0 Å². The molecular formula is C36H42N2O6S2+2. The molecule has 2 aromatic heterocycles. The molecule has 4 rings (SSSR count). The molecule has 0 atom stereocenters. The van der Waals surface area contributed by atoms with Crippen molar-refractivity contribution in [3.05, 3.63) is 95.6 Å². The van der Waals surface area contributed by atoms with Crippen molar-refractivity contribution >= 4 is 45.9 Å². The second-order valence-electron chi connectivity index (χ2n) is 9.94. The lowest BCUT2D eigenvalue weighted by molar-refractivity contribution is -0.692. The van der Waals surface area contributed by atoms with Gasteiger partial charge in [0.25, 0.3) is 0 Å². The summed E-state index contributed by atoms with van der Waals surface area (Å²) in [6.45, 7) is 1.89. The van der Waals surface area contributed by atoms with E-state index in [0.717, 1.165) is 46.8 Å². The van der Waals surface area contributed by atoms with Gasteiger partial charge >= 0.3 is 0 Å². The lowest BCUT2D eigenvalue weighted by Crippen LogP contribution is -2.34. The van der Waals surface area contributed by atoms with Gasteiger partial charge in [-0.1, -0.05) is 33.7 Å². The number of ether oxygens (including phenoxy) is 6. The van der Waals surface area contributed by atoms with E-state index in [4.69, 9.17) is 28.4 Å². The van der Waals surface area contributed by atoms with Crippen molar-refractivity contribution in [2.75, 3.05) is 54.2 Å². The summed E-state index contributed by atoms with van der Waals surface area (Å²) in [5.74, 6) is 6.22. The Kier molecular flexibility index (Phi) is 13.5. The first-order valence-corrected chi connectivity index (χ1v) is 17.2. The fourth-order valence-electron chi connectivity index (χ4n) is 4.61. The SMILES string of the molecule is COc1cc(OC)c(/C=C/c2cc[n+](CCSSCC[n+]3ccc(/C=C/c4c(OC)cc(OC)cc4OC)cc3)cc2)c(OC)c1. The van der Waals surface area contributed by atoms with Gasteiger partial charge in [-0.05, 0) is 23.3 Å². The number of rotatable bonds is 17. The first-order valence-electron chi connectivity index (χ1n) is 14.7. The van der Waals surface area contributed by atoms with Crippen molar-refractivity contribution < 1.29 is 37.6 Å². The Morgan fingerprint density at radius 2 is 0.804 bits per heavy atom. The molecule has 242 valence electrons. The second-order valence-corrected chi connectivity index (χ2v) is 12.6. The molecule has 0 bridgehead atoms. The third-order valence-electron chi connectivity index (χ3n) is 7.17. The van der Waals surface area contributed by atoms with E-state index in [1.807, 2.05) is 58.0 Å². The maximum absolute atomic E-state index is 5.55. The summed E-state index contributed by atoms with van der Waals surface area (Å²) in [5, 5.41) is 0. The zero-order valence-corrected chi connectivity index (χ0v) is 28.9. The van der Waals surface area contributed by atoms with Crippen molar-refractivity contribution in [2.45, 2.75) is 13.1 Å². The summed E-state index contributed by atoms with van der Waals surface area (Å²) in [7, 11) is 13.6. The fourth-order valence-corrected chi connectivity index (χ4v) is 6.57. The topological polar surface area (TPSA) is 63.1 Å². The number of aryl methyl sites for hydroxylation is 2. The highest BCUT2D eigenvalue weighted by atomic mass is 33.1. The molecule has 10 heteroatoms. The molecule has 0 aliphatic heterocycles. The Balaban J connectivity index is 1.20. The van der Waals surface area contributed by atoms with E-state index in [1.165, 1.54) is 0 Å². The molecule has 8 nitrogen and oxygen atoms in total. The quantitative estimate of drug-likeness (QED) is 0.0701. The third kappa shape index (κ3) is 9.61. The van der Waals surface area contributed by atoms with Gasteiger partial charge in [-0.25, -0.2) is 9.13 Å². The lowest BCUT2D eigenvalue weighted by atomic mass is 10.1. The van der Waals surface area contributed by atoms with Crippen LogP contribution in [-0.4, -0.2) is 54.2 Å². The average molecular weight is 663 g/mol. The molecule has 0 aliphatic rings. The predicted molar refractivity (Wildman–Crippen MR) is 188 cm³/mol. The minimum absolute atomic E-state index is 0.689. The molecule has 0 aliphatic carbocycles. The zero-order chi connectivity index (χ0) is 32.7. The van der Waals surface area contributed by atoms with E-state index in [0.29, 0.717) is 34.5 Å². The number of hydrogen-bond donors (Lipinski definition) is 0. The molecule has 2 aromatic carbocycles. The predicted octanol–water partition coefficient (Wildman–Crippen LogP) is 6.74. The van der Waals surface area contributed by atoms with Gasteiger partial charge in [-0.2, -0.15) is 0 Å². The summed E-state index contributed by atoms with van der Waals surface area (Å²) < 4.78 is 37.3. The minimum atomic E-state index is 0.689. The van der Waals surface area contributed by atoms with Crippen LogP contribution in [0.2, 0.25) is 0 Å². The number of aromatic nitrogens is 2. The Labute approximate surface area is 280 Å². The highest BCUT2D eigenvalue weighted by molar-refractivity contribution is 8.76. The normalized spacial score (nSPS) is 11.2. The van der Waals surface area contributed by atoms with E-state index in [2.05, 4.69) is 70.3 Å². The zero-order valence-electron chi connectivity index (χ0n) is 27.2. The molecule has 4 aromatic rings. The molecule has 2 heterocycles. The highest BCUT2D eigenvalue weighted by Gasteiger charge is 2.12. The van der Waals surface area contributed by atoms with Crippen LogP contribution in [-0.2, 0) is 13.1 Å². The molecule has 0 amide bonds. The van der Waals surface area contributed by atoms with Crippen molar-refractivity contribution in [2.24, 2.45) is 0 Å². The number of nitrogens with zero attached hydrogens (tertiary/aromatic N) is 2. The van der Waals surface area contributed by atoms with Gasteiger partial charge in [0.15, 0.2) is 37.9 Å². The number of pyridine rings is 2. The Bertz CT molecular complexity index is 1440. The molecule has 0 spiro atoms. The average Bonchev–Trinajstić information content (AvgIpc) is 3.11. The van der Waals surface area contributed by atoms with E-state index in [1.54, 1.807) is 42.7 Å². The van der Waals surface area contributed by atoms with Crippen LogP contribution in [0.15, 0.2) is 73.3 Å². The first kappa shape index (κ1) is 34.6. The maximum atomic E-state index is 5.55. The van der Waals surface area contributed by atoms with Crippen molar-refractivity contribution in [1.82, 2.24) is 0 Å². The van der Waals surface area contributed by atoms with E-state index < -0.39 is 0 Å². The van der Waals surface area contributed by atoms with Crippen LogP contribution >= 0.6 is 21.6 Å².